The molecule has 0 N–H and O–H groups in total. The molecule has 2 nitrogen and oxygen atoms in total. The Balaban J connectivity index is 2.53. The van der Waals surface area contributed by atoms with E-state index >= 15 is 0 Å². The number of rotatable bonds is 2. The van der Waals surface area contributed by atoms with Gasteiger partial charge in [-0.2, -0.15) is 24.5 Å². The van der Waals surface area contributed by atoms with Gasteiger partial charge in [-0.25, -0.2) is 0 Å². The van der Waals surface area contributed by atoms with Crippen LogP contribution < -0.4 is 0 Å². The van der Waals surface area contributed by atoms with Gasteiger partial charge in [0.15, 0.2) is 5.78 Å². The van der Waals surface area contributed by atoms with Gasteiger partial charge in [-0.1, -0.05) is 0 Å². The quantitative estimate of drug-likeness (QED) is 0.779. The van der Waals surface area contributed by atoms with Crippen LogP contribution in [0.15, 0.2) is 29.2 Å². The number of ketones is 1. The van der Waals surface area contributed by atoms with E-state index in [1.165, 1.54) is 11.3 Å². The Morgan fingerprint density at radius 3 is 2.56 bits per heavy atom. The predicted molar refractivity (Wildman–Crippen MR) is 61.7 cm³/mol. The first kappa shape index (κ1) is 12.8. The van der Waals surface area contributed by atoms with Gasteiger partial charge in [-0.05, 0) is 23.9 Å². The summed E-state index contributed by atoms with van der Waals surface area (Å²) >= 11 is 1.28. The summed E-state index contributed by atoms with van der Waals surface area (Å²) in [5.74, 6) is -0.644. The van der Waals surface area contributed by atoms with Gasteiger partial charge in [0.2, 0.25) is 0 Å². The first-order chi connectivity index (χ1) is 8.41. The molecule has 0 aliphatic carbocycles. The molecule has 0 bridgehead atoms. The van der Waals surface area contributed by atoms with Crippen molar-refractivity contribution in [2.45, 2.75) is 13.1 Å². The number of aromatic nitrogens is 1. The van der Waals surface area contributed by atoms with E-state index < -0.39 is 23.1 Å². The molecule has 0 saturated carbocycles. The highest BCUT2D eigenvalue weighted by Crippen LogP contribution is 2.33. The highest BCUT2D eigenvalue weighted by Gasteiger charge is 2.35. The van der Waals surface area contributed by atoms with Crippen LogP contribution in [-0.4, -0.2) is 10.8 Å². The minimum Gasteiger partial charge on any atom is -0.288 e. The van der Waals surface area contributed by atoms with Gasteiger partial charge in [0, 0.05) is 23.3 Å². The van der Waals surface area contributed by atoms with Crippen molar-refractivity contribution in [2.24, 2.45) is 0 Å². The molecule has 0 saturated heterocycles. The lowest BCUT2D eigenvalue weighted by Gasteiger charge is -2.10. The molecule has 0 aliphatic heterocycles. The Morgan fingerprint density at radius 2 is 2.00 bits per heavy atom. The number of alkyl halides is 3. The summed E-state index contributed by atoms with van der Waals surface area (Å²) in [6.07, 6.45) is -2.57. The standard InChI is InChI=1S/C12H8F3NOS/c1-7-5-18-6-9(7)11(17)8-4-16-3-2-10(8)12(13,14)15/h2-6H,1H3. The fourth-order valence-corrected chi connectivity index (χ4v) is 2.39. The van der Waals surface area contributed by atoms with Crippen molar-refractivity contribution in [2.75, 3.05) is 0 Å². The molecule has 0 aliphatic rings. The summed E-state index contributed by atoms with van der Waals surface area (Å²) in [4.78, 5) is 15.7. The van der Waals surface area contributed by atoms with Gasteiger partial charge < -0.3 is 0 Å². The van der Waals surface area contributed by atoms with Crippen LogP contribution in [0.3, 0.4) is 0 Å². The Kier molecular flexibility index (Phi) is 3.21. The molecule has 0 unspecified atom stereocenters. The maximum absolute atomic E-state index is 12.8. The number of nitrogens with zero attached hydrogens (tertiary/aromatic N) is 1. The van der Waals surface area contributed by atoms with Crippen molar-refractivity contribution >= 4 is 17.1 Å². The molecule has 2 rings (SSSR count). The first-order valence-electron chi connectivity index (χ1n) is 5.00. The Morgan fingerprint density at radius 1 is 1.28 bits per heavy atom. The topological polar surface area (TPSA) is 30.0 Å². The zero-order chi connectivity index (χ0) is 13.3. The summed E-state index contributed by atoms with van der Waals surface area (Å²) in [7, 11) is 0. The second kappa shape index (κ2) is 4.53. The number of halogens is 3. The Hall–Kier alpha value is -1.69. The zero-order valence-electron chi connectivity index (χ0n) is 9.28. The Bertz CT molecular complexity index is 589. The molecule has 0 atom stereocenters. The third-order valence-electron chi connectivity index (χ3n) is 2.47. The minimum atomic E-state index is -4.56. The fraction of sp³-hybridized carbons (Fsp3) is 0.167. The van der Waals surface area contributed by atoms with Gasteiger partial charge in [-0.3, -0.25) is 9.78 Å². The van der Waals surface area contributed by atoms with E-state index in [1.54, 1.807) is 17.7 Å². The molecule has 0 aromatic carbocycles. The Labute approximate surface area is 105 Å². The van der Waals surface area contributed by atoms with Crippen molar-refractivity contribution < 1.29 is 18.0 Å². The van der Waals surface area contributed by atoms with Crippen LogP contribution in [-0.2, 0) is 6.18 Å². The monoisotopic (exact) mass is 271 g/mol. The maximum atomic E-state index is 12.8. The SMILES string of the molecule is Cc1cscc1C(=O)c1cnccc1C(F)(F)F. The van der Waals surface area contributed by atoms with E-state index in [1.807, 2.05) is 0 Å². The van der Waals surface area contributed by atoms with Crippen LogP contribution in [0.5, 0.6) is 0 Å². The van der Waals surface area contributed by atoms with Crippen LogP contribution in [0.2, 0.25) is 0 Å². The first-order valence-corrected chi connectivity index (χ1v) is 5.94. The molecule has 2 aromatic heterocycles. The number of hydrogen-bond acceptors (Lipinski definition) is 3. The number of aryl methyl sites for hydroxylation is 1. The number of carbonyl (C=O) groups is 1. The van der Waals surface area contributed by atoms with E-state index in [2.05, 4.69) is 4.98 Å². The van der Waals surface area contributed by atoms with Gasteiger partial charge in [0.05, 0.1) is 11.1 Å². The van der Waals surface area contributed by atoms with Crippen LogP contribution in [0, 0.1) is 6.92 Å². The zero-order valence-corrected chi connectivity index (χ0v) is 10.1. The molecule has 18 heavy (non-hydrogen) atoms. The fourth-order valence-electron chi connectivity index (χ4n) is 1.56. The van der Waals surface area contributed by atoms with E-state index in [0.717, 1.165) is 18.5 Å². The number of hydrogen-bond donors (Lipinski definition) is 0. The maximum Gasteiger partial charge on any atom is 0.417 e. The second-order valence-electron chi connectivity index (χ2n) is 3.72. The van der Waals surface area contributed by atoms with Crippen LogP contribution in [0.1, 0.15) is 27.0 Å². The second-order valence-corrected chi connectivity index (χ2v) is 4.46. The number of pyridine rings is 1. The van der Waals surface area contributed by atoms with Gasteiger partial charge >= 0.3 is 6.18 Å². The molecule has 0 radical (unpaired) electrons. The van der Waals surface area contributed by atoms with Crippen molar-refractivity contribution in [3.05, 3.63) is 51.5 Å². The van der Waals surface area contributed by atoms with Crippen molar-refractivity contribution in [1.29, 1.82) is 0 Å². The van der Waals surface area contributed by atoms with E-state index in [0.29, 0.717) is 11.1 Å². The van der Waals surface area contributed by atoms with Crippen LogP contribution >= 0.6 is 11.3 Å². The summed E-state index contributed by atoms with van der Waals surface area (Å²) in [5.41, 5.74) is -0.403. The molecular formula is C12H8F3NOS. The average molecular weight is 271 g/mol. The highest BCUT2D eigenvalue weighted by atomic mass is 32.1. The van der Waals surface area contributed by atoms with Crippen molar-refractivity contribution in [3.8, 4) is 0 Å². The third kappa shape index (κ3) is 2.28. The molecular weight excluding hydrogens is 263 g/mol. The summed E-state index contributed by atoms with van der Waals surface area (Å²) in [6, 6.07) is 0.814. The summed E-state index contributed by atoms with van der Waals surface area (Å²) in [5, 5.41) is 3.27. The normalized spacial score (nSPS) is 11.6. The average Bonchev–Trinajstić information content (AvgIpc) is 2.73. The molecule has 0 amide bonds. The van der Waals surface area contributed by atoms with Gasteiger partial charge in [-0.15, -0.1) is 0 Å². The minimum absolute atomic E-state index is 0.290. The third-order valence-corrected chi connectivity index (χ3v) is 3.33. The number of thiophene rings is 1. The lowest BCUT2D eigenvalue weighted by atomic mass is 10.00. The van der Waals surface area contributed by atoms with Gasteiger partial charge in [0.25, 0.3) is 0 Å². The molecule has 94 valence electrons. The predicted octanol–water partition coefficient (Wildman–Crippen LogP) is 3.70. The van der Waals surface area contributed by atoms with E-state index in [4.69, 9.17) is 0 Å². The summed E-state index contributed by atoms with van der Waals surface area (Å²) in [6.45, 7) is 1.69. The molecule has 6 heteroatoms. The van der Waals surface area contributed by atoms with Crippen LogP contribution in [0.4, 0.5) is 13.2 Å². The van der Waals surface area contributed by atoms with Crippen molar-refractivity contribution in [1.82, 2.24) is 4.98 Å². The molecule has 2 aromatic rings. The van der Waals surface area contributed by atoms with Gasteiger partial charge in [0.1, 0.15) is 0 Å². The summed E-state index contributed by atoms with van der Waals surface area (Å²) < 4.78 is 38.3. The van der Waals surface area contributed by atoms with Crippen molar-refractivity contribution in [3.63, 3.8) is 0 Å². The van der Waals surface area contributed by atoms with Crippen LogP contribution in [0.25, 0.3) is 0 Å². The lowest BCUT2D eigenvalue weighted by Crippen LogP contribution is -2.14. The largest absolute Gasteiger partial charge is 0.417 e. The molecule has 2 heterocycles. The smallest absolute Gasteiger partial charge is 0.288 e. The number of carbonyl (C=O) groups excluding carboxylic acids is 1. The molecule has 0 fully saturated rings. The molecule has 0 spiro atoms. The highest BCUT2D eigenvalue weighted by molar-refractivity contribution is 7.08. The van der Waals surface area contributed by atoms with E-state index in [-0.39, 0.29) is 0 Å². The lowest BCUT2D eigenvalue weighted by molar-refractivity contribution is -0.137. The van der Waals surface area contributed by atoms with E-state index in [9.17, 15) is 18.0 Å².